The average molecular weight is 286 g/mol. The van der Waals surface area contributed by atoms with Crippen molar-refractivity contribution in [2.24, 2.45) is 0 Å². The smallest absolute Gasteiger partial charge is 0.0609 e. The number of nitrogen functional groups attached to an aromatic ring is 1. The fourth-order valence-corrected chi connectivity index (χ4v) is 3.88. The molecule has 0 amide bonds. The van der Waals surface area contributed by atoms with E-state index in [4.69, 9.17) is 5.73 Å². The van der Waals surface area contributed by atoms with Gasteiger partial charge in [-0.1, -0.05) is 18.2 Å². The van der Waals surface area contributed by atoms with Crippen LogP contribution in [0.2, 0.25) is 0 Å². The van der Waals surface area contributed by atoms with E-state index in [9.17, 15) is 5.11 Å². The molecule has 0 spiro atoms. The highest BCUT2D eigenvalue weighted by Gasteiger charge is 2.15. The lowest BCUT2D eigenvalue weighted by Crippen LogP contribution is -2.21. The van der Waals surface area contributed by atoms with Gasteiger partial charge in [-0.05, 0) is 24.6 Å². The van der Waals surface area contributed by atoms with Crippen LogP contribution in [0.5, 0.6) is 0 Å². The Bertz CT molecular complexity index is 779. The first-order valence-electron chi connectivity index (χ1n) is 6.65. The minimum absolute atomic E-state index is 0.145. The third-order valence-corrected chi connectivity index (χ3v) is 4.92. The van der Waals surface area contributed by atoms with E-state index in [0.717, 1.165) is 22.3 Å². The quantitative estimate of drug-likeness (QED) is 0.726. The summed E-state index contributed by atoms with van der Waals surface area (Å²) in [5.74, 6) is 0. The molecule has 2 aromatic carbocycles. The molecule has 3 aromatic rings. The van der Waals surface area contributed by atoms with E-state index in [2.05, 4.69) is 29.2 Å². The fraction of sp³-hybridized carbons (Fsp3) is 0.250. The highest BCUT2D eigenvalue weighted by molar-refractivity contribution is 7.26. The van der Waals surface area contributed by atoms with E-state index in [1.54, 1.807) is 11.3 Å². The number of fused-ring (bicyclic) bond motifs is 3. The Morgan fingerprint density at radius 1 is 1.30 bits per heavy atom. The molecule has 0 radical (unpaired) electrons. The Balaban J connectivity index is 2.39. The minimum Gasteiger partial charge on any atom is -0.398 e. The van der Waals surface area contributed by atoms with Gasteiger partial charge in [-0.3, -0.25) is 0 Å². The minimum atomic E-state index is 0.145. The maximum Gasteiger partial charge on any atom is 0.0609 e. The predicted molar refractivity (Wildman–Crippen MR) is 88.8 cm³/mol. The van der Waals surface area contributed by atoms with Gasteiger partial charge in [0.05, 0.1) is 17.0 Å². The van der Waals surface area contributed by atoms with Crippen LogP contribution in [0.4, 0.5) is 11.4 Å². The molecule has 4 heteroatoms. The first-order valence-corrected chi connectivity index (χ1v) is 7.47. The number of benzene rings is 2. The molecule has 20 heavy (non-hydrogen) atoms. The van der Waals surface area contributed by atoms with Gasteiger partial charge >= 0.3 is 0 Å². The number of anilines is 2. The molecule has 3 N–H and O–H groups in total. The van der Waals surface area contributed by atoms with Crippen LogP contribution in [0.25, 0.3) is 20.2 Å². The fourth-order valence-electron chi connectivity index (χ4n) is 2.59. The first-order chi connectivity index (χ1) is 9.63. The highest BCUT2D eigenvalue weighted by atomic mass is 32.1. The topological polar surface area (TPSA) is 49.5 Å². The molecule has 1 heterocycles. The lowest BCUT2D eigenvalue weighted by atomic mass is 10.1. The number of rotatable bonds is 3. The van der Waals surface area contributed by atoms with Gasteiger partial charge in [0.15, 0.2) is 0 Å². The zero-order valence-electron chi connectivity index (χ0n) is 11.7. The molecule has 0 aliphatic heterocycles. The van der Waals surface area contributed by atoms with Gasteiger partial charge in [0.1, 0.15) is 0 Å². The first kappa shape index (κ1) is 13.2. The SMILES string of the molecule is Cc1cc(N(C)CCO)c2sc3ccccc3c2c1N. The van der Waals surface area contributed by atoms with Crippen molar-refractivity contribution >= 4 is 42.9 Å². The van der Waals surface area contributed by atoms with Crippen LogP contribution in [-0.4, -0.2) is 25.3 Å². The molecule has 0 saturated carbocycles. The third-order valence-electron chi connectivity index (χ3n) is 3.72. The van der Waals surface area contributed by atoms with Crippen LogP contribution in [0.1, 0.15) is 5.56 Å². The van der Waals surface area contributed by atoms with Crippen molar-refractivity contribution in [2.75, 3.05) is 30.8 Å². The van der Waals surface area contributed by atoms with Crippen molar-refractivity contribution in [3.05, 3.63) is 35.9 Å². The van der Waals surface area contributed by atoms with Gasteiger partial charge in [0, 0.05) is 34.8 Å². The molecule has 0 atom stereocenters. The Morgan fingerprint density at radius 3 is 2.80 bits per heavy atom. The standard InChI is InChI=1S/C16H18N2OS/c1-10-9-12(18(2)7-8-19)16-14(15(10)17)11-5-3-4-6-13(11)20-16/h3-6,9,19H,7-8,17H2,1-2H3. The van der Waals surface area contributed by atoms with Gasteiger partial charge < -0.3 is 15.7 Å². The summed E-state index contributed by atoms with van der Waals surface area (Å²) in [5.41, 5.74) is 9.40. The van der Waals surface area contributed by atoms with Gasteiger partial charge in [0.25, 0.3) is 0 Å². The number of hydrogen-bond donors (Lipinski definition) is 2. The monoisotopic (exact) mass is 286 g/mol. The summed E-state index contributed by atoms with van der Waals surface area (Å²) in [6.07, 6.45) is 0. The Morgan fingerprint density at radius 2 is 2.05 bits per heavy atom. The van der Waals surface area contributed by atoms with E-state index >= 15 is 0 Å². The van der Waals surface area contributed by atoms with E-state index < -0.39 is 0 Å². The number of aliphatic hydroxyl groups is 1. The molecule has 104 valence electrons. The summed E-state index contributed by atoms with van der Waals surface area (Å²) in [6, 6.07) is 10.5. The van der Waals surface area contributed by atoms with Crippen LogP contribution in [0, 0.1) is 6.92 Å². The summed E-state index contributed by atoms with van der Waals surface area (Å²) >= 11 is 1.76. The zero-order chi connectivity index (χ0) is 14.3. The number of nitrogens with two attached hydrogens (primary N) is 1. The largest absolute Gasteiger partial charge is 0.398 e. The molecule has 1 aromatic heterocycles. The second-order valence-electron chi connectivity index (χ2n) is 5.07. The second-order valence-corrected chi connectivity index (χ2v) is 6.13. The van der Waals surface area contributed by atoms with Crippen LogP contribution < -0.4 is 10.6 Å². The number of likely N-dealkylation sites (N-methyl/N-ethyl adjacent to an activating group) is 1. The summed E-state index contributed by atoms with van der Waals surface area (Å²) in [7, 11) is 2.00. The number of nitrogens with zero attached hydrogens (tertiary/aromatic N) is 1. The van der Waals surface area contributed by atoms with Crippen molar-refractivity contribution in [3.8, 4) is 0 Å². The highest BCUT2D eigenvalue weighted by Crippen LogP contribution is 2.43. The summed E-state index contributed by atoms with van der Waals surface area (Å²) in [6.45, 7) is 2.80. The molecular formula is C16H18N2OS. The molecule has 0 bridgehead atoms. The summed E-state index contributed by atoms with van der Waals surface area (Å²) in [5, 5.41) is 11.5. The predicted octanol–water partition coefficient (Wildman–Crippen LogP) is 3.37. The van der Waals surface area contributed by atoms with Crippen molar-refractivity contribution in [2.45, 2.75) is 6.92 Å². The number of hydrogen-bond acceptors (Lipinski definition) is 4. The molecule has 0 aliphatic rings. The van der Waals surface area contributed by atoms with Gasteiger partial charge in [-0.15, -0.1) is 11.3 Å². The van der Waals surface area contributed by atoms with Crippen molar-refractivity contribution in [1.29, 1.82) is 0 Å². The second kappa shape index (κ2) is 4.96. The molecule has 0 unspecified atom stereocenters. The van der Waals surface area contributed by atoms with Crippen molar-refractivity contribution in [3.63, 3.8) is 0 Å². The third kappa shape index (κ3) is 1.92. The summed E-state index contributed by atoms with van der Waals surface area (Å²) < 4.78 is 2.45. The Hall–Kier alpha value is -1.78. The normalized spacial score (nSPS) is 11.3. The Kier molecular flexibility index (Phi) is 3.28. The van der Waals surface area contributed by atoms with E-state index in [1.807, 2.05) is 20.0 Å². The maximum absolute atomic E-state index is 9.17. The van der Waals surface area contributed by atoms with Gasteiger partial charge in [0.2, 0.25) is 0 Å². The van der Waals surface area contributed by atoms with Crippen LogP contribution >= 0.6 is 11.3 Å². The van der Waals surface area contributed by atoms with E-state index in [-0.39, 0.29) is 6.61 Å². The van der Waals surface area contributed by atoms with E-state index in [1.165, 1.54) is 14.8 Å². The lowest BCUT2D eigenvalue weighted by molar-refractivity contribution is 0.304. The molecule has 3 rings (SSSR count). The molecular weight excluding hydrogens is 268 g/mol. The molecule has 0 aliphatic carbocycles. The summed E-state index contributed by atoms with van der Waals surface area (Å²) in [4.78, 5) is 2.09. The molecule has 0 fully saturated rings. The number of aryl methyl sites for hydroxylation is 1. The van der Waals surface area contributed by atoms with Crippen LogP contribution in [0.3, 0.4) is 0 Å². The Labute approximate surface area is 122 Å². The number of aliphatic hydroxyl groups excluding tert-OH is 1. The number of thiophene rings is 1. The zero-order valence-corrected chi connectivity index (χ0v) is 12.5. The van der Waals surface area contributed by atoms with Crippen LogP contribution in [0.15, 0.2) is 30.3 Å². The lowest BCUT2D eigenvalue weighted by Gasteiger charge is -2.20. The van der Waals surface area contributed by atoms with Crippen LogP contribution in [-0.2, 0) is 0 Å². The maximum atomic E-state index is 9.17. The van der Waals surface area contributed by atoms with Gasteiger partial charge in [-0.25, -0.2) is 0 Å². The van der Waals surface area contributed by atoms with Gasteiger partial charge in [-0.2, -0.15) is 0 Å². The average Bonchev–Trinajstić information content (AvgIpc) is 2.82. The van der Waals surface area contributed by atoms with Crippen molar-refractivity contribution in [1.82, 2.24) is 0 Å². The molecule has 0 saturated heterocycles. The molecule has 3 nitrogen and oxygen atoms in total. The van der Waals surface area contributed by atoms with E-state index in [0.29, 0.717) is 6.54 Å². The van der Waals surface area contributed by atoms with Crippen molar-refractivity contribution < 1.29 is 5.11 Å².